The van der Waals surface area contributed by atoms with Crippen LogP contribution in [0.2, 0.25) is 0 Å². The number of thiazole rings is 1. The number of ether oxygens (including phenoxy) is 2. The lowest BCUT2D eigenvalue weighted by atomic mass is 10.1. The smallest absolute Gasteiger partial charge is 0.254 e. The molecule has 0 fully saturated rings. The topological polar surface area (TPSA) is 84.0 Å². The molecular weight excluding hydrogens is 416 g/mol. The Hall–Kier alpha value is -2.65. The fourth-order valence-electron chi connectivity index (χ4n) is 3.06. The summed E-state index contributed by atoms with van der Waals surface area (Å²) in [4.78, 5) is 35.1. The van der Waals surface area contributed by atoms with Gasteiger partial charge in [0.2, 0.25) is 5.91 Å². The summed E-state index contributed by atoms with van der Waals surface area (Å²) in [6.45, 7) is 10.8. The van der Waals surface area contributed by atoms with Crippen LogP contribution in [-0.2, 0) is 4.79 Å². The molecular formula is C22H32N4O4S. The quantitative estimate of drug-likeness (QED) is 0.568. The van der Waals surface area contributed by atoms with Crippen LogP contribution in [0.4, 0.5) is 5.13 Å². The van der Waals surface area contributed by atoms with Crippen LogP contribution in [-0.4, -0.2) is 73.5 Å². The van der Waals surface area contributed by atoms with Crippen molar-refractivity contribution in [2.45, 2.75) is 27.7 Å². The van der Waals surface area contributed by atoms with Gasteiger partial charge < -0.3 is 24.6 Å². The van der Waals surface area contributed by atoms with Gasteiger partial charge in [-0.2, -0.15) is 0 Å². The van der Waals surface area contributed by atoms with Gasteiger partial charge in [0.1, 0.15) is 6.54 Å². The highest BCUT2D eigenvalue weighted by Gasteiger charge is 2.21. The van der Waals surface area contributed by atoms with Gasteiger partial charge in [-0.25, -0.2) is 4.98 Å². The minimum Gasteiger partial charge on any atom is -0.493 e. The van der Waals surface area contributed by atoms with Gasteiger partial charge in [-0.1, -0.05) is 13.8 Å². The molecule has 0 saturated carbocycles. The summed E-state index contributed by atoms with van der Waals surface area (Å²) in [5, 5.41) is 3.36. The summed E-state index contributed by atoms with van der Waals surface area (Å²) < 4.78 is 10.6. The first kappa shape index (κ1) is 24.6. The zero-order chi connectivity index (χ0) is 23.0. The zero-order valence-electron chi connectivity index (χ0n) is 19.2. The van der Waals surface area contributed by atoms with E-state index in [1.165, 1.54) is 18.4 Å². The molecule has 0 bridgehead atoms. The second-order valence-electron chi connectivity index (χ2n) is 7.03. The molecule has 1 N–H and O–H groups in total. The van der Waals surface area contributed by atoms with Crippen LogP contribution in [0.5, 0.6) is 11.5 Å². The average Bonchev–Trinajstić information content (AvgIpc) is 3.08. The Morgan fingerprint density at radius 3 is 2.29 bits per heavy atom. The number of likely N-dealkylation sites (N-methyl/N-ethyl adjacent to an activating group) is 1. The first-order valence-corrected chi connectivity index (χ1v) is 11.1. The van der Waals surface area contributed by atoms with Crippen LogP contribution < -0.4 is 14.8 Å². The van der Waals surface area contributed by atoms with E-state index in [9.17, 15) is 9.59 Å². The third-order valence-corrected chi connectivity index (χ3v) is 6.10. The molecule has 31 heavy (non-hydrogen) atoms. The van der Waals surface area contributed by atoms with E-state index in [-0.39, 0.29) is 18.4 Å². The highest BCUT2D eigenvalue weighted by molar-refractivity contribution is 7.15. The molecule has 0 saturated heterocycles. The summed E-state index contributed by atoms with van der Waals surface area (Å²) in [6, 6.07) is 5.01. The molecule has 2 amide bonds. The van der Waals surface area contributed by atoms with Gasteiger partial charge >= 0.3 is 0 Å². The second-order valence-corrected chi connectivity index (χ2v) is 8.24. The third-order valence-electron chi connectivity index (χ3n) is 5.11. The zero-order valence-corrected chi connectivity index (χ0v) is 20.0. The first-order chi connectivity index (χ1) is 14.8. The van der Waals surface area contributed by atoms with Gasteiger partial charge in [0.05, 0.1) is 19.9 Å². The monoisotopic (exact) mass is 448 g/mol. The molecule has 1 aromatic carbocycles. The van der Waals surface area contributed by atoms with E-state index in [0.29, 0.717) is 35.3 Å². The van der Waals surface area contributed by atoms with Gasteiger partial charge in [0.25, 0.3) is 5.91 Å². The van der Waals surface area contributed by atoms with Gasteiger partial charge in [0.15, 0.2) is 16.6 Å². The minimum absolute atomic E-state index is 0.0634. The van der Waals surface area contributed by atoms with E-state index in [2.05, 4.69) is 29.0 Å². The van der Waals surface area contributed by atoms with Crippen molar-refractivity contribution in [3.8, 4) is 11.5 Å². The number of nitrogens with zero attached hydrogens (tertiary/aromatic N) is 3. The van der Waals surface area contributed by atoms with E-state index in [4.69, 9.17) is 9.47 Å². The van der Waals surface area contributed by atoms with Crippen molar-refractivity contribution in [3.05, 3.63) is 34.3 Å². The van der Waals surface area contributed by atoms with Crippen molar-refractivity contribution in [2.24, 2.45) is 0 Å². The number of aromatic nitrogens is 1. The highest BCUT2D eigenvalue weighted by Crippen LogP contribution is 2.28. The number of carbonyl (C=O) groups excluding carboxylic acids is 2. The number of amides is 2. The third kappa shape index (κ3) is 6.67. The van der Waals surface area contributed by atoms with Crippen LogP contribution in [0.1, 0.15) is 34.8 Å². The SMILES string of the molecule is CCN(CC)CCN(CC(=O)Nc1nc(C)c(C)s1)C(=O)c1ccc(OC)c(OC)c1. The standard InChI is InChI=1S/C22H32N4O4S/c1-7-25(8-2)11-12-26(14-20(27)24-22-23-15(3)16(4)31-22)21(28)17-9-10-18(29-5)19(13-17)30-6/h9-10,13H,7-8,11-12,14H2,1-6H3,(H,23,24,27). The average molecular weight is 449 g/mol. The molecule has 2 aromatic rings. The van der Waals surface area contributed by atoms with E-state index in [1.807, 2.05) is 13.8 Å². The van der Waals surface area contributed by atoms with Crippen LogP contribution in [0.15, 0.2) is 18.2 Å². The summed E-state index contributed by atoms with van der Waals surface area (Å²) in [6.07, 6.45) is 0. The number of anilines is 1. The van der Waals surface area contributed by atoms with Gasteiger partial charge in [-0.15, -0.1) is 11.3 Å². The van der Waals surface area contributed by atoms with Crippen molar-refractivity contribution in [2.75, 3.05) is 52.3 Å². The molecule has 0 unspecified atom stereocenters. The van der Waals surface area contributed by atoms with Gasteiger partial charge in [0, 0.05) is 23.5 Å². The molecule has 0 aliphatic carbocycles. The van der Waals surface area contributed by atoms with E-state index < -0.39 is 0 Å². The molecule has 0 radical (unpaired) electrons. The van der Waals surface area contributed by atoms with Crippen LogP contribution in [0.25, 0.3) is 0 Å². The van der Waals surface area contributed by atoms with Gasteiger partial charge in [-0.3, -0.25) is 9.59 Å². The Morgan fingerprint density at radius 1 is 1.06 bits per heavy atom. The predicted octanol–water partition coefficient (Wildman–Crippen LogP) is 3.20. The molecule has 0 spiro atoms. The van der Waals surface area contributed by atoms with E-state index >= 15 is 0 Å². The van der Waals surface area contributed by atoms with Crippen LogP contribution in [0, 0.1) is 13.8 Å². The van der Waals surface area contributed by atoms with Crippen LogP contribution in [0.3, 0.4) is 0 Å². The first-order valence-electron chi connectivity index (χ1n) is 10.3. The molecule has 1 aromatic heterocycles. The largest absolute Gasteiger partial charge is 0.493 e. The number of rotatable bonds is 11. The number of benzene rings is 1. The van der Waals surface area contributed by atoms with Crippen molar-refractivity contribution in [1.82, 2.24) is 14.8 Å². The van der Waals surface area contributed by atoms with Crippen molar-refractivity contribution >= 4 is 28.3 Å². The number of hydrogen-bond acceptors (Lipinski definition) is 7. The Bertz CT molecular complexity index is 876. The maximum atomic E-state index is 13.3. The molecule has 9 heteroatoms. The minimum atomic E-state index is -0.276. The summed E-state index contributed by atoms with van der Waals surface area (Å²) in [5.74, 6) is 0.494. The lowest BCUT2D eigenvalue weighted by Gasteiger charge is -2.26. The molecule has 0 aliphatic heterocycles. The van der Waals surface area contributed by atoms with Gasteiger partial charge in [-0.05, 0) is 45.1 Å². The molecule has 1 heterocycles. The fourth-order valence-corrected chi connectivity index (χ4v) is 3.90. The van der Waals surface area contributed by atoms with Crippen molar-refractivity contribution < 1.29 is 19.1 Å². The van der Waals surface area contributed by atoms with E-state index in [0.717, 1.165) is 23.7 Å². The lowest BCUT2D eigenvalue weighted by Crippen LogP contribution is -2.42. The highest BCUT2D eigenvalue weighted by atomic mass is 32.1. The summed E-state index contributed by atoms with van der Waals surface area (Å²) >= 11 is 1.42. The van der Waals surface area contributed by atoms with Crippen molar-refractivity contribution in [3.63, 3.8) is 0 Å². The number of nitrogens with one attached hydrogen (secondary N) is 1. The summed E-state index contributed by atoms with van der Waals surface area (Å²) in [7, 11) is 3.07. The number of hydrogen-bond donors (Lipinski definition) is 1. The number of aryl methyl sites for hydroxylation is 2. The Labute approximate surface area is 188 Å². The molecule has 2 rings (SSSR count). The fraction of sp³-hybridized carbons (Fsp3) is 0.500. The summed E-state index contributed by atoms with van der Waals surface area (Å²) in [5.41, 5.74) is 1.33. The Balaban J connectivity index is 2.20. The van der Waals surface area contributed by atoms with Crippen LogP contribution >= 0.6 is 11.3 Å². The Morgan fingerprint density at radius 2 is 1.74 bits per heavy atom. The number of carbonyl (C=O) groups is 2. The predicted molar refractivity (Wildman–Crippen MR) is 123 cm³/mol. The Kier molecular flexibility index (Phi) is 9.26. The maximum Gasteiger partial charge on any atom is 0.254 e. The second kappa shape index (κ2) is 11.7. The maximum absolute atomic E-state index is 13.3. The number of methoxy groups -OCH3 is 2. The molecule has 0 atom stereocenters. The molecule has 170 valence electrons. The molecule has 0 aliphatic rings. The lowest BCUT2D eigenvalue weighted by molar-refractivity contribution is -0.116. The van der Waals surface area contributed by atoms with Crippen molar-refractivity contribution in [1.29, 1.82) is 0 Å². The molecule has 8 nitrogen and oxygen atoms in total. The van der Waals surface area contributed by atoms with E-state index in [1.54, 1.807) is 30.2 Å². The normalized spacial score (nSPS) is 10.8.